The van der Waals surface area contributed by atoms with Gasteiger partial charge in [-0.05, 0) is 6.07 Å². The largest absolute Gasteiger partial charge is 0.474 e. The number of amides is 1. The minimum atomic E-state index is -2.66. The first-order valence-electron chi connectivity index (χ1n) is 8.33. The maximum Gasteiger partial charge on any atom is 0.249 e. The van der Waals surface area contributed by atoms with Gasteiger partial charge in [0.05, 0.1) is 19.7 Å². The quantitative estimate of drug-likeness (QED) is 0.848. The van der Waals surface area contributed by atoms with E-state index >= 15 is 0 Å². The third-order valence-corrected chi connectivity index (χ3v) is 5.08. The van der Waals surface area contributed by atoms with Gasteiger partial charge in [0.1, 0.15) is 11.7 Å². The second-order valence-electron chi connectivity index (χ2n) is 7.09. The molecular formula is C17H20F2N2O3. The van der Waals surface area contributed by atoms with Crippen LogP contribution in [0.4, 0.5) is 8.78 Å². The van der Waals surface area contributed by atoms with Crippen LogP contribution in [0.5, 0.6) is 5.88 Å². The summed E-state index contributed by atoms with van der Waals surface area (Å²) in [6, 6.07) is 5.52. The van der Waals surface area contributed by atoms with Gasteiger partial charge in [-0.2, -0.15) is 0 Å². The SMILES string of the molecule is O=C(C1CC(F)(F)C1)N1CC2(CC(Oc3ccccn3)CCO2)C1. The highest BCUT2D eigenvalue weighted by atomic mass is 19.3. The fourth-order valence-electron chi connectivity index (χ4n) is 3.79. The van der Waals surface area contributed by atoms with Crippen LogP contribution in [0.15, 0.2) is 24.4 Å². The van der Waals surface area contributed by atoms with Crippen LogP contribution in [0.2, 0.25) is 0 Å². The van der Waals surface area contributed by atoms with Gasteiger partial charge in [-0.3, -0.25) is 4.79 Å². The predicted octanol–water partition coefficient (Wildman–Crippen LogP) is 2.27. The molecule has 7 heteroatoms. The molecule has 1 spiro atoms. The third-order valence-electron chi connectivity index (χ3n) is 5.08. The predicted molar refractivity (Wildman–Crippen MR) is 80.8 cm³/mol. The lowest BCUT2D eigenvalue weighted by atomic mass is 9.77. The number of carbonyl (C=O) groups is 1. The lowest BCUT2D eigenvalue weighted by Crippen LogP contribution is -2.69. The molecule has 1 amide bonds. The molecule has 3 fully saturated rings. The molecule has 130 valence electrons. The van der Waals surface area contributed by atoms with Crippen molar-refractivity contribution in [3.63, 3.8) is 0 Å². The van der Waals surface area contributed by atoms with E-state index < -0.39 is 11.8 Å². The Balaban J connectivity index is 1.30. The van der Waals surface area contributed by atoms with Crippen LogP contribution < -0.4 is 4.74 Å². The molecule has 2 saturated heterocycles. The van der Waals surface area contributed by atoms with Crippen molar-refractivity contribution < 1.29 is 23.0 Å². The molecule has 4 rings (SSSR count). The topological polar surface area (TPSA) is 51.7 Å². The van der Waals surface area contributed by atoms with Crippen LogP contribution in [0.1, 0.15) is 25.7 Å². The molecule has 3 heterocycles. The minimum Gasteiger partial charge on any atom is -0.474 e. The molecule has 1 aromatic heterocycles. The van der Waals surface area contributed by atoms with Crippen LogP contribution in [-0.4, -0.2) is 53.1 Å². The van der Waals surface area contributed by atoms with Crippen molar-refractivity contribution >= 4 is 5.91 Å². The number of pyridine rings is 1. The average Bonchev–Trinajstić information content (AvgIpc) is 2.51. The van der Waals surface area contributed by atoms with E-state index in [-0.39, 0.29) is 30.5 Å². The van der Waals surface area contributed by atoms with Crippen molar-refractivity contribution in [2.24, 2.45) is 5.92 Å². The molecule has 0 bridgehead atoms. The van der Waals surface area contributed by atoms with Gasteiger partial charge >= 0.3 is 0 Å². The van der Waals surface area contributed by atoms with E-state index in [0.717, 1.165) is 6.42 Å². The highest BCUT2D eigenvalue weighted by Gasteiger charge is 2.55. The van der Waals surface area contributed by atoms with E-state index in [0.29, 0.717) is 32.0 Å². The summed E-state index contributed by atoms with van der Waals surface area (Å²) < 4.78 is 37.6. The van der Waals surface area contributed by atoms with E-state index in [2.05, 4.69) is 4.98 Å². The molecule has 1 saturated carbocycles. The number of nitrogens with zero attached hydrogens (tertiary/aromatic N) is 2. The lowest BCUT2D eigenvalue weighted by molar-refractivity contribution is -0.204. The molecule has 5 nitrogen and oxygen atoms in total. The first kappa shape index (κ1) is 15.7. The van der Waals surface area contributed by atoms with Crippen LogP contribution in [0.3, 0.4) is 0 Å². The first-order valence-corrected chi connectivity index (χ1v) is 8.33. The summed E-state index contributed by atoms with van der Waals surface area (Å²) >= 11 is 0. The van der Waals surface area contributed by atoms with E-state index in [9.17, 15) is 13.6 Å². The first-order chi connectivity index (χ1) is 11.4. The number of hydrogen-bond acceptors (Lipinski definition) is 4. The van der Waals surface area contributed by atoms with Crippen molar-refractivity contribution in [2.45, 2.75) is 43.3 Å². The van der Waals surface area contributed by atoms with Crippen LogP contribution in [0.25, 0.3) is 0 Å². The second-order valence-corrected chi connectivity index (χ2v) is 7.09. The Hall–Kier alpha value is -1.76. The molecule has 0 radical (unpaired) electrons. The summed E-state index contributed by atoms with van der Waals surface area (Å²) in [5.41, 5.74) is -0.389. The highest BCUT2D eigenvalue weighted by molar-refractivity contribution is 5.81. The van der Waals surface area contributed by atoms with Crippen molar-refractivity contribution in [3.05, 3.63) is 24.4 Å². The molecular weight excluding hydrogens is 318 g/mol. The number of carbonyl (C=O) groups excluding carboxylic acids is 1. The Kier molecular flexibility index (Phi) is 3.71. The van der Waals surface area contributed by atoms with Gasteiger partial charge in [0.2, 0.25) is 17.7 Å². The molecule has 0 N–H and O–H groups in total. The fraction of sp³-hybridized carbons (Fsp3) is 0.647. The van der Waals surface area contributed by atoms with E-state index in [1.54, 1.807) is 11.1 Å². The Morgan fingerprint density at radius 2 is 2.08 bits per heavy atom. The Bertz CT molecular complexity index is 612. The monoisotopic (exact) mass is 338 g/mol. The summed E-state index contributed by atoms with van der Waals surface area (Å²) in [7, 11) is 0. The molecule has 1 aliphatic carbocycles. The van der Waals surface area contributed by atoms with Crippen LogP contribution in [0, 0.1) is 5.92 Å². The van der Waals surface area contributed by atoms with Gasteiger partial charge in [-0.1, -0.05) is 6.07 Å². The van der Waals surface area contributed by atoms with Gasteiger partial charge in [0.15, 0.2) is 0 Å². The molecule has 1 atom stereocenters. The smallest absolute Gasteiger partial charge is 0.249 e. The molecule has 3 aliphatic rings. The van der Waals surface area contributed by atoms with Crippen molar-refractivity contribution in [1.82, 2.24) is 9.88 Å². The highest BCUT2D eigenvalue weighted by Crippen LogP contribution is 2.45. The van der Waals surface area contributed by atoms with E-state index in [1.807, 2.05) is 18.2 Å². The standard InChI is InChI=1S/C17H20F2N2O3/c18-17(19)7-12(8-17)15(22)21-10-16(11-21)9-13(4-6-23-16)24-14-3-1-2-5-20-14/h1-3,5,12-13H,4,6-11H2. The number of rotatable bonds is 3. The van der Waals surface area contributed by atoms with Gasteiger partial charge in [-0.25, -0.2) is 13.8 Å². The van der Waals surface area contributed by atoms with Crippen molar-refractivity contribution in [2.75, 3.05) is 19.7 Å². The Labute approximate surface area is 138 Å². The molecule has 0 aromatic carbocycles. The average molecular weight is 338 g/mol. The normalized spacial score (nSPS) is 28.1. The Morgan fingerprint density at radius 1 is 1.29 bits per heavy atom. The maximum absolute atomic E-state index is 12.9. The third kappa shape index (κ3) is 2.97. The Morgan fingerprint density at radius 3 is 2.75 bits per heavy atom. The second kappa shape index (κ2) is 5.65. The zero-order valence-electron chi connectivity index (χ0n) is 13.3. The van der Waals surface area contributed by atoms with Gasteiger partial charge in [-0.15, -0.1) is 0 Å². The number of likely N-dealkylation sites (tertiary alicyclic amines) is 1. The zero-order valence-corrected chi connectivity index (χ0v) is 13.3. The lowest BCUT2D eigenvalue weighted by Gasteiger charge is -2.54. The molecule has 2 aliphatic heterocycles. The van der Waals surface area contributed by atoms with Crippen molar-refractivity contribution in [3.8, 4) is 5.88 Å². The minimum absolute atomic E-state index is 0.000983. The van der Waals surface area contributed by atoms with Crippen molar-refractivity contribution in [1.29, 1.82) is 0 Å². The van der Waals surface area contributed by atoms with Crippen LogP contribution >= 0.6 is 0 Å². The van der Waals surface area contributed by atoms with Gasteiger partial charge < -0.3 is 14.4 Å². The number of hydrogen-bond donors (Lipinski definition) is 0. The molecule has 1 aromatic rings. The summed E-state index contributed by atoms with van der Waals surface area (Å²) in [6.45, 7) is 1.51. The zero-order chi connectivity index (χ0) is 16.8. The summed E-state index contributed by atoms with van der Waals surface area (Å²) in [4.78, 5) is 18.0. The summed E-state index contributed by atoms with van der Waals surface area (Å²) in [5.74, 6) is -2.76. The summed E-state index contributed by atoms with van der Waals surface area (Å²) in [5, 5.41) is 0. The maximum atomic E-state index is 12.9. The number of ether oxygens (including phenoxy) is 2. The number of aromatic nitrogens is 1. The van der Waals surface area contributed by atoms with Gasteiger partial charge in [0, 0.05) is 43.9 Å². The van der Waals surface area contributed by atoms with Crippen LogP contribution in [-0.2, 0) is 9.53 Å². The van der Waals surface area contributed by atoms with Gasteiger partial charge in [0.25, 0.3) is 0 Å². The van der Waals surface area contributed by atoms with E-state index in [4.69, 9.17) is 9.47 Å². The summed E-state index contributed by atoms with van der Waals surface area (Å²) in [6.07, 6.45) is 2.51. The molecule has 24 heavy (non-hydrogen) atoms. The number of alkyl halides is 2. The van der Waals surface area contributed by atoms with E-state index in [1.165, 1.54) is 0 Å². The fourth-order valence-corrected chi connectivity index (χ4v) is 3.79. The molecule has 1 unspecified atom stereocenters. The number of halogens is 2.